The number of nitrogens with zero attached hydrogens (tertiary/aromatic N) is 1. The average Bonchev–Trinajstić information content (AvgIpc) is 2.27. The standard InChI is InChI=1S/C14H26N2O2/c1-7-9(2)11-13(18)16(8-14(4,5)6)10(3)12(17)15-11/h9-11H,7-8H2,1-6H3,(H,15,17). The van der Waals surface area contributed by atoms with E-state index in [0.29, 0.717) is 6.54 Å². The maximum atomic E-state index is 12.5. The molecule has 0 saturated carbocycles. The summed E-state index contributed by atoms with van der Waals surface area (Å²) < 4.78 is 0. The maximum Gasteiger partial charge on any atom is 0.246 e. The highest BCUT2D eigenvalue weighted by Gasteiger charge is 2.41. The first-order valence-corrected chi connectivity index (χ1v) is 6.78. The van der Waals surface area contributed by atoms with Gasteiger partial charge in [-0.1, -0.05) is 41.0 Å². The van der Waals surface area contributed by atoms with E-state index in [4.69, 9.17) is 0 Å². The Balaban J connectivity index is 2.92. The monoisotopic (exact) mass is 254 g/mol. The molecule has 1 aliphatic rings. The average molecular weight is 254 g/mol. The van der Waals surface area contributed by atoms with Crippen molar-refractivity contribution >= 4 is 11.8 Å². The van der Waals surface area contributed by atoms with Gasteiger partial charge < -0.3 is 10.2 Å². The second kappa shape index (κ2) is 5.29. The lowest BCUT2D eigenvalue weighted by Gasteiger charge is -2.42. The number of hydrogen-bond acceptors (Lipinski definition) is 2. The summed E-state index contributed by atoms with van der Waals surface area (Å²) in [6, 6.07) is -0.724. The van der Waals surface area contributed by atoms with E-state index in [1.165, 1.54) is 0 Å². The van der Waals surface area contributed by atoms with Crippen molar-refractivity contribution in [3.05, 3.63) is 0 Å². The predicted molar refractivity (Wildman–Crippen MR) is 72.0 cm³/mol. The second-order valence-corrected chi connectivity index (χ2v) is 6.57. The first-order valence-electron chi connectivity index (χ1n) is 6.78. The number of amides is 2. The number of piperazine rings is 1. The van der Waals surface area contributed by atoms with Crippen molar-refractivity contribution in [1.82, 2.24) is 10.2 Å². The molecule has 0 spiro atoms. The summed E-state index contributed by atoms with van der Waals surface area (Å²) in [5.41, 5.74) is 0.00153. The van der Waals surface area contributed by atoms with Crippen LogP contribution in [0.2, 0.25) is 0 Å². The van der Waals surface area contributed by atoms with Gasteiger partial charge in [0.2, 0.25) is 11.8 Å². The van der Waals surface area contributed by atoms with Gasteiger partial charge in [-0.25, -0.2) is 0 Å². The minimum absolute atomic E-state index is 0.00153. The van der Waals surface area contributed by atoms with Gasteiger partial charge in [0.1, 0.15) is 12.1 Å². The first-order chi connectivity index (χ1) is 8.17. The molecule has 0 aromatic rings. The van der Waals surface area contributed by atoms with Crippen LogP contribution >= 0.6 is 0 Å². The highest BCUT2D eigenvalue weighted by Crippen LogP contribution is 2.23. The molecule has 0 radical (unpaired) electrons. The quantitative estimate of drug-likeness (QED) is 0.835. The van der Waals surface area contributed by atoms with Crippen LogP contribution in [-0.2, 0) is 9.59 Å². The fourth-order valence-corrected chi connectivity index (χ4v) is 2.19. The molecule has 0 aromatic carbocycles. The molecular weight excluding hydrogens is 228 g/mol. The van der Waals surface area contributed by atoms with E-state index in [2.05, 4.69) is 26.1 Å². The van der Waals surface area contributed by atoms with Gasteiger partial charge in [-0.3, -0.25) is 9.59 Å². The van der Waals surface area contributed by atoms with E-state index in [1.807, 2.05) is 13.8 Å². The zero-order valence-corrected chi connectivity index (χ0v) is 12.4. The lowest BCUT2D eigenvalue weighted by Crippen LogP contribution is -2.65. The Morgan fingerprint density at radius 2 is 1.89 bits per heavy atom. The molecule has 0 bridgehead atoms. The predicted octanol–water partition coefficient (Wildman–Crippen LogP) is 1.79. The molecule has 1 N–H and O–H groups in total. The third kappa shape index (κ3) is 3.24. The summed E-state index contributed by atoms with van der Waals surface area (Å²) in [5, 5.41) is 2.85. The largest absolute Gasteiger partial charge is 0.342 e. The van der Waals surface area contributed by atoms with Crippen molar-refractivity contribution in [2.24, 2.45) is 11.3 Å². The van der Waals surface area contributed by atoms with Crippen molar-refractivity contribution < 1.29 is 9.59 Å². The van der Waals surface area contributed by atoms with E-state index >= 15 is 0 Å². The molecule has 3 atom stereocenters. The van der Waals surface area contributed by atoms with Crippen LogP contribution in [-0.4, -0.2) is 35.3 Å². The third-order valence-electron chi connectivity index (χ3n) is 3.55. The van der Waals surface area contributed by atoms with Crippen LogP contribution in [0.1, 0.15) is 48.0 Å². The van der Waals surface area contributed by atoms with Gasteiger partial charge >= 0.3 is 0 Å². The molecule has 2 amide bonds. The van der Waals surface area contributed by atoms with Crippen molar-refractivity contribution in [2.45, 2.75) is 60.0 Å². The Morgan fingerprint density at radius 3 is 2.33 bits per heavy atom. The number of rotatable bonds is 3. The van der Waals surface area contributed by atoms with Crippen LogP contribution in [0.5, 0.6) is 0 Å². The number of nitrogens with one attached hydrogen (secondary N) is 1. The van der Waals surface area contributed by atoms with E-state index in [1.54, 1.807) is 11.8 Å². The van der Waals surface area contributed by atoms with Crippen molar-refractivity contribution in [1.29, 1.82) is 0 Å². The summed E-state index contributed by atoms with van der Waals surface area (Å²) in [4.78, 5) is 26.2. The van der Waals surface area contributed by atoms with Crippen molar-refractivity contribution in [3.8, 4) is 0 Å². The molecule has 104 valence electrons. The molecule has 1 heterocycles. The molecule has 1 rings (SSSR count). The zero-order chi connectivity index (χ0) is 14.1. The number of carbonyl (C=O) groups is 2. The van der Waals surface area contributed by atoms with Gasteiger partial charge in [0.25, 0.3) is 0 Å². The van der Waals surface area contributed by atoms with Crippen LogP contribution in [0.3, 0.4) is 0 Å². The van der Waals surface area contributed by atoms with Gasteiger partial charge in [0.05, 0.1) is 0 Å². The Hall–Kier alpha value is -1.06. The Labute approximate surface area is 110 Å². The van der Waals surface area contributed by atoms with E-state index in [9.17, 15) is 9.59 Å². The van der Waals surface area contributed by atoms with Gasteiger partial charge in [0, 0.05) is 6.54 Å². The van der Waals surface area contributed by atoms with Crippen molar-refractivity contribution in [2.75, 3.05) is 6.54 Å². The molecule has 4 nitrogen and oxygen atoms in total. The summed E-state index contributed by atoms with van der Waals surface area (Å²) in [6.07, 6.45) is 0.883. The Morgan fingerprint density at radius 1 is 1.33 bits per heavy atom. The topological polar surface area (TPSA) is 49.4 Å². The second-order valence-electron chi connectivity index (χ2n) is 6.57. The Kier molecular flexibility index (Phi) is 4.41. The van der Waals surface area contributed by atoms with Crippen LogP contribution in [0.15, 0.2) is 0 Å². The molecule has 1 saturated heterocycles. The highest BCUT2D eigenvalue weighted by molar-refractivity contribution is 5.96. The highest BCUT2D eigenvalue weighted by atomic mass is 16.2. The van der Waals surface area contributed by atoms with Gasteiger partial charge in [-0.15, -0.1) is 0 Å². The number of hydrogen-bond donors (Lipinski definition) is 1. The lowest BCUT2D eigenvalue weighted by atomic mass is 9.90. The SMILES string of the molecule is CCC(C)C1NC(=O)C(C)N(CC(C)(C)C)C1=O. The molecule has 3 unspecified atom stereocenters. The molecule has 18 heavy (non-hydrogen) atoms. The summed E-state index contributed by atoms with van der Waals surface area (Å²) in [7, 11) is 0. The van der Waals surface area contributed by atoms with Crippen molar-refractivity contribution in [3.63, 3.8) is 0 Å². The number of carbonyl (C=O) groups excluding carboxylic acids is 2. The van der Waals surface area contributed by atoms with Gasteiger partial charge in [0.15, 0.2) is 0 Å². The molecular formula is C14H26N2O2. The molecule has 4 heteroatoms. The van der Waals surface area contributed by atoms with Crippen LogP contribution in [0, 0.1) is 11.3 Å². The third-order valence-corrected chi connectivity index (χ3v) is 3.55. The fraction of sp³-hybridized carbons (Fsp3) is 0.857. The van der Waals surface area contributed by atoms with Gasteiger partial charge in [-0.05, 0) is 18.3 Å². The van der Waals surface area contributed by atoms with Crippen LogP contribution < -0.4 is 5.32 Å². The lowest BCUT2D eigenvalue weighted by molar-refractivity contribution is -0.151. The summed E-state index contributed by atoms with van der Waals surface area (Å²) in [6.45, 7) is 12.7. The van der Waals surface area contributed by atoms with Crippen LogP contribution in [0.25, 0.3) is 0 Å². The van der Waals surface area contributed by atoms with Gasteiger partial charge in [-0.2, -0.15) is 0 Å². The molecule has 0 aliphatic carbocycles. The fourth-order valence-electron chi connectivity index (χ4n) is 2.19. The van der Waals surface area contributed by atoms with E-state index < -0.39 is 0 Å². The summed E-state index contributed by atoms with van der Waals surface area (Å²) >= 11 is 0. The first kappa shape index (κ1) is 15.0. The van der Waals surface area contributed by atoms with E-state index in [0.717, 1.165) is 6.42 Å². The molecule has 1 fully saturated rings. The molecule has 0 aromatic heterocycles. The Bertz CT molecular complexity index is 333. The molecule has 1 aliphatic heterocycles. The minimum atomic E-state index is -0.364. The van der Waals surface area contributed by atoms with Crippen LogP contribution in [0.4, 0.5) is 0 Å². The smallest absolute Gasteiger partial charge is 0.246 e. The zero-order valence-electron chi connectivity index (χ0n) is 12.4. The summed E-state index contributed by atoms with van der Waals surface area (Å²) in [5.74, 6) is 0.201. The normalized spacial score (nSPS) is 27.1. The maximum absolute atomic E-state index is 12.5. The minimum Gasteiger partial charge on any atom is -0.342 e. The van der Waals surface area contributed by atoms with E-state index in [-0.39, 0.29) is 35.2 Å².